The van der Waals surface area contributed by atoms with Crippen molar-refractivity contribution < 1.29 is 4.63 Å². The summed E-state index contributed by atoms with van der Waals surface area (Å²) in [5, 5.41) is 25.5. The maximum atomic E-state index is 4.73. The van der Waals surface area contributed by atoms with E-state index in [-0.39, 0.29) is 0 Å². The molecule has 0 atom stereocenters. The van der Waals surface area contributed by atoms with Crippen LogP contribution in [0.2, 0.25) is 0 Å². The van der Waals surface area contributed by atoms with Gasteiger partial charge in [0, 0.05) is 0 Å². The molecule has 0 unspecified atom stereocenters. The van der Waals surface area contributed by atoms with Crippen LogP contribution in [-0.4, -0.2) is 39.5 Å². The molecule has 15 heteroatoms. The molecule has 5 rings (SSSR count). The minimum Gasteiger partial charge on any atom is -0.272 e. The summed E-state index contributed by atoms with van der Waals surface area (Å²) in [4.78, 5) is 4.33. The van der Waals surface area contributed by atoms with Gasteiger partial charge < -0.3 is 0 Å². The molecule has 1 N–H and O–H groups in total. The van der Waals surface area contributed by atoms with Crippen LogP contribution in [0, 0.1) is 0 Å². The lowest BCUT2D eigenvalue weighted by Crippen LogP contribution is -2.44. The minimum absolute atomic E-state index is 0.417. The summed E-state index contributed by atoms with van der Waals surface area (Å²) in [7, 11) is 0. The second-order valence-corrected chi connectivity index (χ2v) is 6.53. The van der Waals surface area contributed by atoms with Gasteiger partial charge in [0.05, 0.1) is 5.38 Å². The van der Waals surface area contributed by atoms with E-state index < -0.39 is 0 Å². The highest BCUT2D eigenvalue weighted by molar-refractivity contribution is 7.10. The quantitative estimate of drug-likeness (QED) is 0.529. The van der Waals surface area contributed by atoms with Crippen LogP contribution in [0.4, 0.5) is 11.6 Å². The highest BCUT2D eigenvalue weighted by Crippen LogP contribution is 2.37. The maximum Gasteiger partial charge on any atom is 0.233 e. The third-order valence-corrected chi connectivity index (χ3v) is 4.82. The Kier molecular flexibility index (Phi) is 3.32. The van der Waals surface area contributed by atoms with Gasteiger partial charge in [-0.2, -0.15) is 9.49 Å². The van der Waals surface area contributed by atoms with E-state index in [0.717, 1.165) is 0 Å². The molecule has 0 spiro atoms. The molecule has 4 aromatic rings. The summed E-state index contributed by atoms with van der Waals surface area (Å²) in [5.74, 6) is 1.49. The predicted molar refractivity (Wildman–Crippen MR) is 88.9 cm³/mol. The van der Waals surface area contributed by atoms with Crippen LogP contribution in [0.25, 0.3) is 11.4 Å². The fourth-order valence-corrected chi connectivity index (χ4v) is 3.60. The minimum atomic E-state index is 0.417. The summed E-state index contributed by atoms with van der Waals surface area (Å²) in [6, 6.07) is 0. The number of hydrogen-bond acceptors (Lipinski definition) is 15. The Balaban J connectivity index is 1.73. The molecule has 124 valence electrons. The van der Waals surface area contributed by atoms with E-state index in [4.69, 9.17) is 4.63 Å². The van der Waals surface area contributed by atoms with E-state index >= 15 is 0 Å². The van der Waals surface area contributed by atoms with E-state index in [1.807, 2.05) is 0 Å². The van der Waals surface area contributed by atoms with Gasteiger partial charge >= 0.3 is 0 Å². The number of hydrazine groups is 2. The molecule has 12 nitrogen and oxygen atoms in total. The Labute approximate surface area is 150 Å². The lowest BCUT2D eigenvalue weighted by Gasteiger charge is -2.26. The number of nitrogens with one attached hydrogen (secondary N) is 1. The normalized spacial score (nSPS) is 14.4. The van der Waals surface area contributed by atoms with E-state index in [9.17, 15) is 0 Å². The third kappa shape index (κ3) is 2.32. The third-order valence-electron chi connectivity index (χ3n) is 3.15. The van der Waals surface area contributed by atoms with E-state index in [0.29, 0.717) is 33.9 Å². The molecular formula is C10H5N11OS3. The molecule has 0 fully saturated rings. The smallest absolute Gasteiger partial charge is 0.233 e. The van der Waals surface area contributed by atoms with Crippen LogP contribution in [0.3, 0.4) is 0 Å². The van der Waals surface area contributed by atoms with Crippen molar-refractivity contribution in [2.45, 2.75) is 0 Å². The van der Waals surface area contributed by atoms with E-state index in [1.165, 1.54) is 40.6 Å². The van der Waals surface area contributed by atoms with Crippen LogP contribution in [-0.2, 0) is 0 Å². The van der Waals surface area contributed by atoms with Crippen molar-refractivity contribution >= 4 is 57.4 Å². The summed E-state index contributed by atoms with van der Waals surface area (Å²) in [6.45, 7) is 0. The number of hydrogen-bond donors (Lipinski definition) is 1. The fraction of sp³-hybridized carbons (Fsp3) is 0. The second-order valence-electron chi connectivity index (χ2n) is 4.49. The first-order valence-corrected chi connectivity index (χ1v) is 9.16. The Morgan fingerprint density at radius 1 is 1.12 bits per heavy atom. The predicted octanol–water partition coefficient (Wildman–Crippen LogP) is 0.896. The molecule has 0 bridgehead atoms. The van der Waals surface area contributed by atoms with Gasteiger partial charge in [0.25, 0.3) is 0 Å². The molecule has 4 aromatic heterocycles. The van der Waals surface area contributed by atoms with Crippen LogP contribution >= 0.6 is 34.4 Å². The van der Waals surface area contributed by atoms with Crippen molar-refractivity contribution in [3.8, 4) is 0 Å². The van der Waals surface area contributed by atoms with Gasteiger partial charge in [0.2, 0.25) is 5.82 Å². The van der Waals surface area contributed by atoms with Crippen molar-refractivity contribution in [2.24, 2.45) is 0 Å². The first kappa shape index (κ1) is 14.3. The number of rotatable bonds is 4. The van der Waals surface area contributed by atoms with Crippen LogP contribution in [0.5, 0.6) is 0 Å². The molecule has 1 aliphatic heterocycles. The molecule has 0 aliphatic carbocycles. The largest absolute Gasteiger partial charge is 0.272 e. The fourth-order valence-electron chi connectivity index (χ4n) is 2.21. The van der Waals surface area contributed by atoms with Gasteiger partial charge in [-0.25, -0.2) is 14.6 Å². The van der Waals surface area contributed by atoms with Gasteiger partial charge in [-0.05, 0) is 28.2 Å². The number of anilines is 2. The Morgan fingerprint density at radius 2 is 2.12 bits per heavy atom. The molecule has 25 heavy (non-hydrogen) atoms. The van der Waals surface area contributed by atoms with Gasteiger partial charge in [-0.1, -0.05) is 21.0 Å². The molecule has 0 aromatic carbocycles. The van der Waals surface area contributed by atoms with E-state index in [1.54, 1.807) is 26.5 Å². The summed E-state index contributed by atoms with van der Waals surface area (Å²) in [6.07, 6.45) is 1.47. The Bertz CT molecular complexity index is 979. The number of nitrogens with zero attached hydrogens (tertiary/aromatic N) is 10. The van der Waals surface area contributed by atoms with Gasteiger partial charge in [0.1, 0.15) is 28.6 Å². The number of aromatic nitrogens is 8. The zero-order valence-corrected chi connectivity index (χ0v) is 14.4. The molecule has 0 saturated carbocycles. The van der Waals surface area contributed by atoms with Gasteiger partial charge in [-0.3, -0.25) is 5.43 Å². The summed E-state index contributed by atoms with van der Waals surface area (Å²) >= 11 is 3.84. The monoisotopic (exact) mass is 391 g/mol. The first-order chi connectivity index (χ1) is 12.4. The molecule has 0 amide bonds. The highest BCUT2D eigenvalue weighted by Gasteiger charge is 2.38. The highest BCUT2D eigenvalue weighted by atomic mass is 32.1. The zero-order chi connectivity index (χ0) is 16.6. The Morgan fingerprint density at radius 3 is 2.80 bits per heavy atom. The van der Waals surface area contributed by atoms with Crippen molar-refractivity contribution in [3.05, 3.63) is 33.4 Å². The Hall–Kier alpha value is -3.04. The second kappa shape index (κ2) is 5.80. The van der Waals surface area contributed by atoms with Crippen LogP contribution < -0.4 is 15.6 Å². The maximum absolute atomic E-state index is 4.73. The van der Waals surface area contributed by atoms with Crippen molar-refractivity contribution in [3.63, 3.8) is 0 Å². The molecule has 0 radical (unpaired) electrons. The summed E-state index contributed by atoms with van der Waals surface area (Å²) < 4.78 is 13.0. The van der Waals surface area contributed by atoms with Crippen molar-refractivity contribution in [2.75, 3.05) is 10.1 Å². The average Bonchev–Trinajstić information content (AvgIpc) is 3.48. The molecule has 5 heterocycles. The summed E-state index contributed by atoms with van der Waals surface area (Å²) in [5.41, 5.74) is 7.82. The molecule has 0 saturated heterocycles. The lowest BCUT2D eigenvalue weighted by atomic mass is 10.3. The van der Waals surface area contributed by atoms with Crippen LogP contribution in [0.1, 0.15) is 10.8 Å². The average molecular weight is 391 g/mol. The topological polar surface area (TPSA) is 135 Å². The molecular weight excluding hydrogens is 386 g/mol. The van der Waals surface area contributed by atoms with E-state index in [2.05, 4.69) is 44.9 Å². The van der Waals surface area contributed by atoms with Crippen molar-refractivity contribution in [1.29, 1.82) is 0 Å². The standard InChI is InChI=1S/C10H5N11OS3/c1-5(17-22-13-1)21-16-7(10-15-12-4-23-10)8(9-11-3-25-18-9)20(21)6-2-24-19-14-6/h1-4,16H. The zero-order valence-electron chi connectivity index (χ0n) is 11.9. The van der Waals surface area contributed by atoms with Gasteiger partial charge in [-0.15, -0.1) is 15.3 Å². The van der Waals surface area contributed by atoms with Crippen molar-refractivity contribution in [1.82, 2.24) is 44.9 Å². The first-order valence-electron chi connectivity index (χ1n) is 6.61. The van der Waals surface area contributed by atoms with Crippen LogP contribution in [0.15, 0.2) is 27.2 Å². The molecule has 1 aliphatic rings. The SMILES string of the molecule is c1nc(C2=C(c3nncs3)NN(c3cnon3)N2c2csnn2)ns1. The lowest BCUT2D eigenvalue weighted by molar-refractivity contribution is 0.307. The van der Waals surface area contributed by atoms with Gasteiger partial charge in [0.15, 0.2) is 16.6 Å².